The van der Waals surface area contributed by atoms with Gasteiger partial charge in [-0.15, -0.1) is 0 Å². The van der Waals surface area contributed by atoms with Gasteiger partial charge >= 0.3 is 0 Å². The molecule has 3 aromatic carbocycles. The Kier molecular flexibility index (Phi) is 7.16. The number of nitrogens with one attached hydrogen (secondary N) is 1. The van der Waals surface area contributed by atoms with Gasteiger partial charge in [-0.3, -0.25) is 9.69 Å². The number of aryl methyl sites for hydroxylation is 1. The number of carbonyl (C=O) groups excluding carboxylic acids is 1. The highest BCUT2D eigenvalue weighted by Crippen LogP contribution is 2.24. The summed E-state index contributed by atoms with van der Waals surface area (Å²) in [5, 5.41) is 3.88. The SMILES string of the molecule is CCc1cccc(NC(=O)[C@@H]2CCCN(Cc3nc4ccccc4n3Cc3ccc(Cl)cc3)C2)c1. The van der Waals surface area contributed by atoms with Crippen LogP contribution >= 0.6 is 11.6 Å². The first-order valence-corrected chi connectivity index (χ1v) is 12.8. The maximum Gasteiger partial charge on any atom is 0.228 e. The van der Waals surface area contributed by atoms with Gasteiger partial charge < -0.3 is 9.88 Å². The molecule has 0 bridgehead atoms. The minimum atomic E-state index is -0.0249. The van der Waals surface area contributed by atoms with Crippen molar-refractivity contribution in [2.24, 2.45) is 5.92 Å². The summed E-state index contributed by atoms with van der Waals surface area (Å²) < 4.78 is 2.29. The van der Waals surface area contributed by atoms with Crippen molar-refractivity contribution < 1.29 is 4.79 Å². The molecular weight excluding hydrogens is 456 g/mol. The Bertz CT molecular complexity index is 1310. The number of hydrogen-bond acceptors (Lipinski definition) is 3. The fraction of sp³-hybridized carbons (Fsp3) is 0.310. The summed E-state index contributed by atoms with van der Waals surface area (Å²) in [7, 11) is 0. The number of para-hydroxylation sites is 2. The molecule has 1 aromatic heterocycles. The molecule has 1 fully saturated rings. The highest BCUT2D eigenvalue weighted by Gasteiger charge is 2.27. The van der Waals surface area contributed by atoms with E-state index in [0.29, 0.717) is 0 Å². The summed E-state index contributed by atoms with van der Waals surface area (Å²) >= 11 is 6.10. The van der Waals surface area contributed by atoms with Crippen molar-refractivity contribution in [3.63, 3.8) is 0 Å². The van der Waals surface area contributed by atoms with Gasteiger partial charge in [-0.05, 0) is 73.3 Å². The van der Waals surface area contributed by atoms with E-state index >= 15 is 0 Å². The molecule has 0 aliphatic carbocycles. The van der Waals surface area contributed by atoms with E-state index in [2.05, 4.69) is 64.2 Å². The van der Waals surface area contributed by atoms with Gasteiger partial charge in [0.05, 0.1) is 23.5 Å². The van der Waals surface area contributed by atoms with Crippen LogP contribution in [0, 0.1) is 5.92 Å². The van der Waals surface area contributed by atoms with Gasteiger partial charge in [0.1, 0.15) is 5.82 Å². The molecule has 5 nitrogen and oxygen atoms in total. The van der Waals surface area contributed by atoms with Crippen molar-refractivity contribution >= 4 is 34.2 Å². The molecule has 2 heterocycles. The van der Waals surface area contributed by atoms with Crippen LogP contribution in [0.1, 0.15) is 36.7 Å². The summed E-state index contributed by atoms with van der Waals surface area (Å²) in [6, 6.07) is 24.4. The van der Waals surface area contributed by atoms with Crippen LogP contribution in [-0.4, -0.2) is 33.4 Å². The highest BCUT2D eigenvalue weighted by atomic mass is 35.5. The molecule has 1 aliphatic rings. The summed E-state index contributed by atoms with van der Waals surface area (Å²) in [5.41, 5.74) is 5.42. The molecule has 1 amide bonds. The van der Waals surface area contributed by atoms with Gasteiger partial charge in [0.25, 0.3) is 0 Å². The van der Waals surface area contributed by atoms with Crippen LogP contribution in [0.4, 0.5) is 5.69 Å². The first-order valence-electron chi connectivity index (χ1n) is 12.4. The number of rotatable bonds is 7. The molecule has 5 rings (SSSR count). The number of likely N-dealkylation sites (tertiary alicyclic amines) is 1. The Morgan fingerprint density at radius 3 is 2.69 bits per heavy atom. The van der Waals surface area contributed by atoms with Crippen LogP contribution in [0.25, 0.3) is 11.0 Å². The third-order valence-corrected chi connectivity index (χ3v) is 7.08. The maximum absolute atomic E-state index is 13.1. The third kappa shape index (κ3) is 5.58. The molecule has 180 valence electrons. The molecule has 0 saturated carbocycles. The Morgan fingerprint density at radius 1 is 1.03 bits per heavy atom. The summed E-state index contributed by atoms with van der Waals surface area (Å²) in [5.74, 6) is 1.11. The van der Waals surface area contributed by atoms with Gasteiger partial charge in [0.15, 0.2) is 0 Å². The van der Waals surface area contributed by atoms with E-state index in [0.717, 1.165) is 73.0 Å². The van der Waals surface area contributed by atoms with Crippen LogP contribution in [0.3, 0.4) is 0 Å². The lowest BCUT2D eigenvalue weighted by atomic mass is 9.97. The van der Waals surface area contributed by atoms with E-state index in [9.17, 15) is 4.79 Å². The second-order valence-corrected chi connectivity index (χ2v) is 9.78. The first-order chi connectivity index (χ1) is 17.1. The molecule has 35 heavy (non-hydrogen) atoms. The van der Waals surface area contributed by atoms with Crippen LogP contribution in [0.2, 0.25) is 5.02 Å². The van der Waals surface area contributed by atoms with E-state index in [1.165, 1.54) is 11.1 Å². The number of halogens is 1. The number of amides is 1. The molecule has 1 saturated heterocycles. The van der Waals surface area contributed by atoms with E-state index < -0.39 is 0 Å². The zero-order valence-corrected chi connectivity index (χ0v) is 20.8. The summed E-state index contributed by atoms with van der Waals surface area (Å²) in [6.07, 6.45) is 2.87. The lowest BCUT2D eigenvalue weighted by Crippen LogP contribution is -2.40. The average molecular weight is 487 g/mol. The van der Waals surface area contributed by atoms with Crippen molar-refractivity contribution in [2.45, 2.75) is 39.3 Å². The third-order valence-electron chi connectivity index (χ3n) is 6.83. The van der Waals surface area contributed by atoms with E-state index in [-0.39, 0.29) is 11.8 Å². The highest BCUT2D eigenvalue weighted by molar-refractivity contribution is 6.30. The monoisotopic (exact) mass is 486 g/mol. The minimum absolute atomic E-state index is 0.0249. The molecule has 1 aliphatic heterocycles. The van der Waals surface area contributed by atoms with Crippen LogP contribution < -0.4 is 5.32 Å². The maximum atomic E-state index is 13.1. The van der Waals surface area contributed by atoms with Crippen LogP contribution in [0.5, 0.6) is 0 Å². The molecular formula is C29H31ClN4O. The smallest absolute Gasteiger partial charge is 0.228 e. The fourth-order valence-electron chi connectivity index (χ4n) is 4.92. The van der Waals surface area contributed by atoms with Gasteiger partial charge in [0, 0.05) is 23.8 Å². The Hall–Kier alpha value is -3.15. The molecule has 4 aromatic rings. The van der Waals surface area contributed by atoms with Gasteiger partial charge in [-0.2, -0.15) is 0 Å². The number of piperidine rings is 1. The minimum Gasteiger partial charge on any atom is -0.326 e. The number of fused-ring (bicyclic) bond motifs is 1. The molecule has 0 radical (unpaired) electrons. The lowest BCUT2D eigenvalue weighted by molar-refractivity contribution is -0.121. The predicted molar refractivity (Wildman–Crippen MR) is 143 cm³/mol. The average Bonchev–Trinajstić information content (AvgIpc) is 3.22. The lowest BCUT2D eigenvalue weighted by Gasteiger charge is -2.31. The van der Waals surface area contributed by atoms with Crippen molar-refractivity contribution in [3.8, 4) is 0 Å². The number of imidazole rings is 1. The molecule has 0 spiro atoms. The van der Waals surface area contributed by atoms with E-state index in [1.807, 2.05) is 30.3 Å². The van der Waals surface area contributed by atoms with Crippen molar-refractivity contribution in [1.82, 2.24) is 14.5 Å². The molecule has 1 atom stereocenters. The quantitative estimate of drug-likeness (QED) is 0.341. The number of carbonyl (C=O) groups is 1. The summed E-state index contributed by atoms with van der Waals surface area (Å²) in [4.78, 5) is 20.4. The second-order valence-electron chi connectivity index (χ2n) is 9.35. The Morgan fingerprint density at radius 2 is 1.86 bits per heavy atom. The Labute approximate surface area is 211 Å². The number of benzene rings is 3. The van der Waals surface area contributed by atoms with Gasteiger partial charge in [0.2, 0.25) is 5.91 Å². The van der Waals surface area contributed by atoms with E-state index in [1.54, 1.807) is 0 Å². The molecule has 0 unspecified atom stereocenters. The molecule has 6 heteroatoms. The van der Waals surface area contributed by atoms with Crippen LogP contribution in [0.15, 0.2) is 72.8 Å². The first kappa shape index (κ1) is 23.6. The number of nitrogens with zero attached hydrogens (tertiary/aromatic N) is 3. The Balaban J connectivity index is 1.32. The predicted octanol–water partition coefficient (Wildman–Crippen LogP) is 6.15. The number of aromatic nitrogens is 2. The number of hydrogen-bond donors (Lipinski definition) is 1. The van der Waals surface area contributed by atoms with Crippen LogP contribution in [-0.2, 0) is 24.3 Å². The van der Waals surface area contributed by atoms with Crippen molar-refractivity contribution in [2.75, 3.05) is 18.4 Å². The topological polar surface area (TPSA) is 50.2 Å². The molecule has 1 N–H and O–H groups in total. The summed E-state index contributed by atoms with van der Waals surface area (Å²) in [6.45, 7) is 5.29. The van der Waals surface area contributed by atoms with E-state index in [4.69, 9.17) is 16.6 Å². The zero-order chi connectivity index (χ0) is 24.2. The second kappa shape index (κ2) is 10.6. The van der Waals surface area contributed by atoms with Crippen molar-refractivity contribution in [1.29, 1.82) is 0 Å². The normalized spacial score (nSPS) is 16.5. The standard InChI is InChI=1S/C29H31ClN4O/c1-2-21-7-5-9-25(17-21)31-29(35)23-8-6-16-33(19-23)20-28-32-26-10-3-4-11-27(26)34(28)18-22-12-14-24(30)15-13-22/h3-5,7,9-15,17,23H,2,6,8,16,18-20H2,1H3,(H,31,35)/t23-/m1/s1. The largest absolute Gasteiger partial charge is 0.326 e. The zero-order valence-electron chi connectivity index (χ0n) is 20.1. The van der Waals surface area contributed by atoms with Crippen molar-refractivity contribution in [3.05, 3.63) is 94.8 Å². The van der Waals surface area contributed by atoms with Gasteiger partial charge in [-0.25, -0.2) is 4.98 Å². The fourth-order valence-corrected chi connectivity index (χ4v) is 5.05. The number of anilines is 1. The van der Waals surface area contributed by atoms with Gasteiger partial charge in [-0.1, -0.05) is 54.9 Å².